The Morgan fingerprint density at radius 2 is 2.00 bits per heavy atom. The Balaban J connectivity index is 1.95. The Morgan fingerprint density at radius 1 is 1.22 bits per heavy atom. The average Bonchev–Trinajstić information content (AvgIpc) is 3.00. The normalized spacial score (nSPS) is 14.6. The summed E-state index contributed by atoms with van der Waals surface area (Å²) in [6.07, 6.45) is 1.59. The quantitative estimate of drug-likeness (QED) is 0.814. The van der Waals surface area contributed by atoms with Gasteiger partial charge >= 0.3 is 0 Å². The molecule has 0 amide bonds. The van der Waals surface area contributed by atoms with Crippen LogP contribution in [0.5, 0.6) is 0 Å². The Labute approximate surface area is 116 Å². The van der Waals surface area contributed by atoms with Gasteiger partial charge in [-0.1, -0.05) is 12.1 Å². The first-order chi connectivity index (χ1) is 8.75. The number of aliphatic hydroxyl groups is 1. The summed E-state index contributed by atoms with van der Waals surface area (Å²) in [7, 11) is 0. The fourth-order valence-corrected chi connectivity index (χ4v) is 3.41. The first-order valence-electron chi connectivity index (χ1n) is 6.23. The second kappa shape index (κ2) is 7.04. The van der Waals surface area contributed by atoms with Crippen LogP contribution < -0.4 is 5.32 Å². The maximum absolute atomic E-state index is 9.32. The predicted molar refractivity (Wildman–Crippen MR) is 79.4 cm³/mol. The smallest absolute Gasteiger partial charge is 0.0524 e. The number of nitrogens with one attached hydrogen (secondary N) is 1. The lowest BCUT2D eigenvalue weighted by atomic mass is 10.1. The van der Waals surface area contributed by atoms with Crippen LogP contribution in [0, 0.1) is 0 Å². The molecule has 98 valence electrons. The molecule has 2 aromatic rings. The molecule has 18 heavy (non-hydrogen) atoms. The van der Waals surface area contributed by atoms with Crippen LogP contribution in [0.25, 0.3) is 0 Å². The van der Waals surface area contributed by atoms with E-state index in [-0.39, 0.29) is 6.10 Å². The molecular weight excluding hydrogens is 262 g/mol. The molecule has 2 atom stereocenters. The van der Waals surface area contributed by atoms with Gasteiger partial charge in [-0.2, -0.15) is 0 Å². The minimum absolute atomic E-state index is 0.233. The molecule has 0 spiro atoms. The van der Waals surface area contributed by atoms with Crippen molar-refractivity contribution in [1.29, 1.82) is 0 Å². The first kappa shape index (κ1) is 13.7. The van der Waals surface area contributed by atoms with Gasteiger partial charge in [-0.3, -0.25) is 0 Å². The Kier molecular flexibility index (Phi) is 5.38. The summed E-state index contributed by atoms with van der Waals surface area (Å²) in [5, 5.41) is 17.1. The van der Waals surface area contributed by atoms with Crippen molar-refractivity contribution >= 4 is 22.7 Å². The van der Waals surface area contributed by atoms with Crippen molar-refractivity contribution < 1.29 is 5.11 Å². The number of hydrogen-bond acceptors (Lipinski definition) is 4. The zero-order valence-corrected chi connectivity index (χ0v) is 12.1. The van der Waals surface area contributed by atoms with Crippen molar-refractivity contribution in [2.24, 2.45) is 0 Å². The second-order valence-electron chi connectivity index (χ2n) is 4.44. The molecule has 0 saturated carbocycles. The predicted octanol–water partition coefficient (Wildman–Crippen LogP) is 3.45. The van der Waals surface area contributed by atoms with Crippen LogP contribution in [0.4, 0.5) is 0 Å². The molecule has 2 aromatic heterocycles. The summed E-state index contributed by atoms with van der Waals surface area (Å²) in [6, 6.07) is 8.92. The van der Waals surface area contributed by atoms with E-state index in [1.54, 1.807) is 22.7 Å². The molecule has 2 nitrogen and oxygen atoms in total. The van der Waals surface area contributed by atoms with Gasteiger partial charge in [-0.05, 0) is 42.8 Å². The van der Waals surface area contributed by atoms with Crippen LogP contribution in [0.15, 0.2) is 35.0 Å². The van der Waals surface area contributed by atoms with Crippen LogP contribution in [-0.4, -0.2) is 17.8 Å². The summed E-state index contributed by atoms with van der Waals surface area (Å²) >= 11 is 3.59. The van der Waals surface area contributed by atoms with Gasteiger partial charge in [0.05, 0.1) is 6.10 Å². The minimum atomic E-state index is -0.233. The topological polar surface area (TPSA) is 32.3 Å². The van der Waals surface area contributed by atoms with Crippen molar-refractivity contribution in [3.8, 4) is 0 Å². The van der Waals surface area contributed by atoms with Crippen LogP contribution in [0.2, 0.25) is 0 Å². The van der Waals surface area contributed by atoms with E-state index in [4.69, 9.17) is 0 Å². The van der Waals surface area contributed by atoms with E-state index in [9.17, 15) is 5.11 Å². The molecule has 0 aliphatic heterocycles. The van der Waals surface area contributed by atoms with Crippen molar-refractivity contribution in [1.82, 2.24) is 5.32 Å². The van der Waals surface area contributed by atoms with Crippen molar-refractivity contribution in [2.75, 3.05) is 6.54 Å². The third-order valence-corrected chi connectivity index (χ3v) is 4.71. The lowest BCUT2D eigenvalue weighted by molar-refractivity contribution is 0.182. The third-order valence-electron chi connectivity index (χ3n) is 2.82. The van der Waals surface area contributed by atoms with E-state index >= 15 is 0 Å². The Hall–Kier alpha value is -0.680. The zero-order valence-electron chi connectivity index (χ0n) is 10.5. The fourth-order valence-electron chi connectivity index (χ4n) is 1.86. The van der Waals surface area contributed by atoms with E-state index in [2.05, 4.69) is 40.3 Å². The first-order valence-corrected chi connectivity index (χ1v) is 7.99. The second-order valence-corrected chi connectivity index (χ2v) is 6.45. The highest BCUT2D eigenvalue weighted by Gasteiger charge is 2.13. The highest BCUT2D eigenvalue weighted by atomic mass is 32.1. The van der Waals surface area contributed by atoms with Gasteiger partial charge in [0.1, 0.15) is 0 Å². The van der Waals surface area contributed by atoms with E-state index in [1.807, 2.05) is 6.92 Å². The number of hydrogen-bond donors (Lipinski definition) is 2. The molecule has 0 saturated heterocycles. The third kappa shape index (κ3) is 4.21. The molecule has 2 unspecified atom stereocenters. The SMILES string of the molecule is CC(O)CCNC(Cc1cccs1)c1cccs1. The lowest BCUT2D eigenvalue weighted by Gasteiger charge is -2.17. The molecule has 0 aromatic carbocycles. The summed E-state index contributed by atoms with van der Waals surface area (Å²) in [5.74, 6) is 0. The van der Waals surface area contributed by atoms with Gasteiger partial charge in [-0.15, -0.1) is 22.7 Å². The molecule has 0 aliphatic rings. The number of rotatable bonds is 7. The Bertz CT molecular complexity index is 423. The molecule has 2 rings (SSSR count). The van der Waals surface area contributed by atoms with E-state index < -0.39 is 0 Å². The fraction of sp³-hybridized carbons (Fsp3) is 0.429. The maximum atomic E-state index is 9.32. The van der Waals surface area contributed by atoms with E-state index in [0.717, 1.165) is 19.4 Å². The Morgan fingerprint density at radius 3 is 2.61 bits per heavy atom. The standard InChI is InChI=1S/C14H19NOS2/c1-11(16)6-7-15-13(14-5-3-9-18-14)10-12-4-2-8-17-12/h2-5,8-9,11,13,15-16H,6-7,10H2,1H3. The molecule has 2 N–H and O–H groups in total. The average molecular weight is 281 g/mol. The highest BCUT2D eigenvalue weighted by molar-refractivity contribution is 7.10. The van der Waals surface area contributed by atoms with Gasteiger partial charge in [-0.25, -0.2) is 0 Å². The molecule has 4 heteroatoms. The lowest BCUT2D eigenvalue weighted by Crippen LogP contribution is -2.25. The van der Waals surface area contributed by atoms with Gasteiger partial charge in [0, 0.05) is 22.2 Å². The largest absolute Gasteiger partial charge is 0.393 e. The van der Waals surface area contributed by atoms with Crippen molar-refractivity contribution in [3.05, 3.63) is 44.8 Å². The van der Waals surface area contributed by atoms with Crippen molar-refractivity contribution in [2.45, 2.75) is 31.9 Å². The van der Waals surface area contributed by atoms with Crippen LogP contribution in [0.3, 0.4) is 0 Å². The van der Waals surface area contributed by atoms with Gasteiger partial charge in [0.15, 0.2) is 0 Å². The summed E-state index contributed by atoms with van der Waals surface area (Å²) in [6.45, 7) is 2.69. The van der Waals surface area contributed by atoms with Crippen LogP contribution >= 0.6 is 22.7 Å². The molecular formula is C14H19NOS2. The molecule has 0 fully saturated rings. The molecule has 0 bridgehead atoms. The molecule has 2 heterocycles. The van der Waals surface area contributed by atoms with Crippen LogP contribution in [0.1, 0.15) is 29.1 Å². The molecule has 0 radical (unpaired) electrons. The van der Waals surface area contributed by atoms with Gasteiger partial charge in [0.25, 0.3) is 0 Å². The van der Waals surface area contributed by atoms with Gasteiger partial charge < -0.3 is 10.4 Å². The van der Waals surface area contributed by atoms with Crippen molar-refractivity contribution in [3.63, 3.8) is 0 Å². The van der Waals surface area contributed by atoms with E-state index in [0.29, 0.717) is 6.04 Å². The molecule has 0 aliphatic carbocycles. The van der Waals surface area contributed by atoms with Gasteiger partial charge in [0.2, 0.25) is 0 Å². The summed E-state index contributed by atoms with van der Waals surface area (Å²) in [4.78, 5) is 2.77. The highest BCUT2D eigenvalue weighted by Crippen LogP contribution is 2.24. The maximum Gasteiger partial charge on any atom is 0.0524 e. The van der Waals surface area contributed by atoms with E-state index in [1.165, 1.54) is 9.75 Å². The minimum Gasteiger partial charge on any atom is -0.393 e. The monoisotopic (exact) mass is 281 g/mol. The number of thiophene rings is 2. The number of aliphatic hydroxyl groups excluding tert-OH is 1. The summed E-state index contributed by atoms with van der Waals surface area (Å²) < 4.78 is 0. The van der Waals surface area contributed by atoms with Crippen LogP contribution in [-0.2, 0) is 6.42 Å². The summed E-state index contributed by atoms with van der Waals surface area (Å²) in [5.41, 5.74) is 0. The zero-order chi connectivity index (χ0) is 12.8.